The smallest absolute Gasteiger partial charge is 0.257 e. The van der Waals surface area contributed by atoms with Crippen molar-refractivity contribution in [2.75, 3.05) is 7.05 Å². The average molecular weight is 304 g/mol. The summed E-state index contributed by atoms with van der Waals surface area (Å²) in [4.78, 5) is 15.0. The van der Waals surface area contributed by atoms with Crippen LogP contribution in [-0.2, 0) is 4.79 Å². The number of rotatable bonds is 3. The second kappa shape index (κ2) is 5.15. The van der Waals surface area contributed by atoms with Gasteiger partial charge < -0.3 is 4.90 Å². The monoisotopic (exact) mass is 303 g/mol. The third-order valence-electron chi connectivity index (χ3n) is 3.48. The van der Waals surface area contributed by atoms with Crippen molar-refractivity contribution in [2.45, 2.75) is 15.1 Å². The van der Waals surface area contributed by atoms with Crippen LogP contribution < -0.4 is 0 Å². The fraction of sp³-hybridized carbons (Fsp3) is 0.188. The van der Waals surface area contributed by atoms with E-state index in [1.54, 1.807) is 11.9 Å². The maximum Gasteiger partial charge on any atom is 0.257 e. The Morgan fingerprint density at radius 3 is 2.20 bits per heavy atom. The van der Waals surface area contributed by atoms with Gasteiger partial charge in [0.25, 0.3) is 5.91 Å². The Labute approximate surface area is 127 Å². The number of hydrogen-bond acceptors (Lipinski definition) is 2. The molecule has 0 N–H and O–H groups in total. The zero-order valence-electron chi connectivity index (χ0n) is 11.0. The Balaban J connectivity index is 1.92. The van der Waals surface area contributed by atoms with Crippen LogP contribution in [0.15, 0.2) is 65.6 Å². The second-order valence-electron chi connectivity index (χ2n) is 4.79. The molecule has 20 heavy (non-hydrogen) atoms. The molecular weight excluding hydrogens is 290 g/mol. The van der Waals surface area contributed by atoms with Gasteiger partial charge >= 0.3 is 0 Å². The van der Waals surface area contributed by atoms with Gasteiger partial charge in [-0.05, 0) is 17.7 Å². The first kappa shape index (κ1) is 13.5. The Hall–Kier alpha value is -1.45. The van der Waals surface area contributed by atoms with E-state index in [4.69, 9.17) is 11.6 Å². The van der Waals surface area contributed by atoms with Gasteiger partial charge in [0.15, 0.2) is 4.21 Å². The van der Waals surface area contributed by atoms with Crippen molar-refractivity contribution in [2.24, 2.45) is 0 Å². The predicted molar refractivity (Wildman–Crippen MR) is 82.8 cm³/mol. The van der Waals surface area contributed by atoms with Gasteiger partial charge in [0.2, 0.25) is 0 Å². The van der Waals surface area contributed by atoms with E-state index in [0.717, 1.165) is 10.5 Å². The molecule has 2 aromatic rings. The fourth-order valence-corrected chi connectivity index (χ4v) is 4.44. The van der Waals surface area contributed by atoms with E-state index in [-0.39, 0.29) is 11.9 Å². The molecule has 1 aliphatic heterocycles. The molecule has 2 nitrogen and oxygen atoms in total. The lowest BCUT2D eigenvalue weighted by molar-refractivity contribution is -0.145. The lowest BCUT2D eigenvalue weighted by Crippen LogP contribution is -2.61. The van der Waals surface area contributed by atoms with Crippen molar-refractivity contribution in [3.63, 3.8) is 0 Å². The Morgan fingerprint density at radius 2 is 1.60 bits per heavy atom. The van der Waals surface area contributed by atoms with Crippen LogP contribution in [0, 0.1) is 0 Å². The summed E-state index contributed by atoms with van der Waals surface area (Å²) in [5.74, 6) is -0.0399. The fourth-order valence-electron chi connectivity index (χ4n) is 2.49. The molecule has 2 atom stereocenters. The van der Waals surface area contributed by atoms with E-state index < -0.39 is 4.21 Å². The van der Waals surface area contributed by atoms with E-state index in [1.807, 2.05) is 60.7 Å². The van der Waals surface area contributed by atoms with Crippen LogP contribution in [0.3, 0.4) is 0 Å². The molecule has 0 aliphatic carbocycles. The van der Waals surface area contributed by atoms with Crippen LogP contribution in [0.5, 0.6) is 0 Å². The maximum absolute atomic E-state index is 12.2. The van der Waals surface area contributed by atoms with Crippen molar-refractivity contribution in [3.8, 4) is 0 Å². The molecule has 3 rings (SSSR count). The normalized spacial score (nSPS) is 25.4. The van der Waals surface area contributed by atoms with Gasteiger partial charge in [-0.2, -0.15) is 0 Å². The number of thioether (sulfide) groups is 1. The van der Waals surface area contributed by atoms with Crippen LogP contribution >= 0.6 is 23.4 Å². The minimum Gasteiger partial charge on any atom is -0.333 e. The highest BCUT2D eigenvalue weighted by Gasteiger charge is 2.59. The molecule has 1 aliphatic rings. The van der Waals surface area contributed by atoms with E-state index in [1.165, 1.54) is 11.8 Å². The van der Waals surface area contributed by atoms with Crippen molar-refractivity contribution < 1.29 is 4.79 Å². The lowest BCUT2D eigenvalue weighted by atomic mass is 9.93. The molecule has 1 fully saturated rings. The van der Waals surface area contributed by atoms with Crippen molar-refractivity contribution >= 4 is 29.3 Å². The standard InChI is InChI=1S/C16H14ClNOS/c1-18-14(12-8-4-2-5-9-12)16(17,15(18)19)20-13-10-6-3-7-11-13/h2-11,14H,1H3/t14-,16-/m0/s1. The summed E-state index contributed by atoms with van der Waals surface area (Å²) in [6.45, 7) is 0. The number of nitrogens with zero attached hydrogens (tertiary/aromatic N) is 1. The predicted octanol–water partition coefficient (Wildman–Crippen LogP) is 3.93. The molecule has 1 saturated heterocycles. The molecule has 1 heterocycles. The van der Waals surface area contributed by atoms with Crippen LogP contribution in [0.1, 0.15) is 11.6 Å². The van der Waals surface area contributed by atoms with Gasteiger partial charge in [0, 0.05) is 11.9 Å². The summed E-state index contributed by atoms with van der Waals surface area (Å²) in [5, 5.41) is 0. The molecule has 0 spiro atoms. The number of carbonyl (C=O) groups is 1. The van der Waals surface area contributed by atoms with Crippen LogP contribution in [-0.4, -0.2) is 22.1 Å². The molecule has 0 bridgehead atoms. The van der Waals surface area contributed by atoms with E-state index in [9.17, 15) is 4.79 Å². The first-order chi connectivity index (χ1) is 9.63. The average Bonchev–Trinajstić information content (AvgIpc) is 2.49. The summed E-state index contributed by atoms with van der Waals surface area (Å²) in [5.41, 5.74) is 1.06. The molecule has 4 heteroatoms. The van der Waals surface area contributed by atoms with Crippen LogP contribution in [0.25, 0.3) is 0 Å². The summed E-state index contributed by atoms with van der Waals surface area (Å²) in [6.07, 6.45) is 0. The van der Waals surface area contributed by atoms with Gasteiger partial charge in [0.05, 0.1) is 6.04 Å². The quantitative estimate of drug-likeness (QED) is 0.632. The summed E-state index contributed by atoms with van der Waals surface area (Å²) >= 11 is 8.08. The zero-order valence-corrected chi connectivity index (χ0v) is 12.6. The maximum atomic E-state index is 12.2. The number of alkyl halides is 1. The molecule has 0 unspecified atom stereocenters. The van der Waals surface area contributed by atoms with Crippen molar-refractivity contribution in [1.82, 2.24) is 4.90 Å². The molecule has 102 valence electrons. The minimum atomic E-state index is -0.947. The van der Waals surface area contributed by atoms with Crippen LogP contribution in [0.4, 0.5) is 0 Å². The summed E-state index contributed by atoms with van der Waals surface area (Å²) in [6, 6.07) is 19.6. The summed E-state index contributed by atoms with van der Waals surface area (Å²) < 4.78 is -0.947. The van der Waals surface area contributed by atoms with Gasteiger partial charge in [-0.15, -0.1) is 0 Å². The highest BCUT2D eigenvalue weighted by molar-refractivity contribution is 8.03. The molecule has 2 aromatic carbocycles. The minimum absolute atomic E-state index is 0.0399. The van der Waals surface area contributed by atoms with Gasteiger partial charge in [0.1, 0.15) is 0 Å². The number of carbonyl (C=O) groups excluding carboxylic acids is 1. The Morgan fingerprint density at radius 1 is 1.05 bits per heavy atom. The summed E-state index contributed by atoms with van der Waals surface area (Å²) in [7, 11) is 1.80. The second-order valence-corrected chi connectivity index (χ2v) is 6.93. The molecular formula is C16H14ClNOS. The van der Waals surface area contributed by atoms with Crippen molar-refractivity contribution in [3.05, 3.63) is 66.2 Å². The molecule has 0 aromatic heterocycles. The molecule has 1 amide bonds. The number of amides is 1. The molecule has 0 radical (unpaired) electrons. The first-order valence-electron chi connectivity index (χ1n) is 6.38. The number of β-lactam (4-membered cyclic amide) rings is 1. The van der Waals surface area contributed by atoms with Crippen molar-refractivity contribution in [1.29, 1.82) is 0 Å². The lowest BCUT2D eigenvalue weighted by Gasteiger charge is -2.50. The highest BCUT2D eigenvalue weighted by Crippen LogP contribution is 2.55. The van der Waals surface area contributed by atoms with Gasteiger partial charge in [-0.1, -0.05) is 71.9 Å². The number of benzene rings is 2. The Kier molecular flexibility index (Phi) is 3.48. The topological polar surface area (TPSA) is 20.3 Å². The number of hydrogen-bond donors (Lipinski definition) is 0. The number of likely N-dealkylation sites (tertiary alicyclic amines) is 1. The van der Waals surface area contributed by atoms with E-state index in [0.29, 0.717) is 0 Å². The largest absolute Gasteiger partial charge is 0.333 e. The van der Waals surface area contributed by atoms with E-state index >= 15 is 0 Å². The van der Waals surface area contributed by atoms with Crippen LogP contribution in [0.2, 0.25) is 0 Å². The van der Waals surface area contributed by atoms with Gasteiger partial charge in [-0.25, -0.2) is 0 Å². The molecule has 0 saturated carbocycles. The van der Waals surface area contributed by atoms with Gasteiger partial charge in [-0.3, -0.25) is 4.79 Å². The first-order valence-corrected chi connectivity index (χ1v) is 7.57. The Bertz CT molecular complexity index is 619. The third-order valence-corrected chi connectivity index (χ3v) is 5.28. The van der Waals surface area contributed by atoms with E-state index in [2.05, 4.69) is 0 Å². The zero-order chi connectivity index (χ0) is 14.2. The SMILES string of the molecule is CN1C(=O)[C@@](Cl)(Sc2ccccc2)[C@@H]1c1ccccc1. The third kappa shape index (κ3) is 2.11. The highest BCUT2D eigenvalue weighted by atomic mass is 35.5. The number of halogens is 1.